The van der Waals surface area contributed by atoms with Crippen molar-refractivity contribution < 1.29 is 17.9 Å². The lowest BCUT2D eigenvalue weighted by atomic mass is 9.88. The Hall–Kier alpha value is -2.38. The summed E-state index contributed by atoms with van der Waals surface area (Å²) in [4.78, 5) is 13.4. The number of fused-ring (bicyclic) bond motifs is 1. The zero-order chi connectivity index (χ0) is 22.2. The summed E-state index contributed by atoms with van der Waals surface area (Å²) in [6.45, 7) is 6.79. The molecule has 0 radical (unpaired) electrons. The maximum atomic E-state index is 13.1. The molecule has 1 amide bonds. The average molecular weight is 443 g/mol. The summed E-state index contributed by atoms with van der Waals surface area (Å²) in [6.07, 6.45) is 1.73. The number of hydrogen-bond acceptors (Lipinski definition) is 4. The first-order valence-corrected chi connectivity index (χ1v) is 12.2. The van der Waals surface area contributed by atoms with Crippen LogP contribution in [-0.4, -0.2) is 37.3 Å². The number of carbonyl (C=O) groups excluding carboxylic acids is 1. The first-order chi connectivity index (χ1) is 14.7. The summed E-state index contributed by atoms with van der Waals surface area (Å²) in [7, 11) is -3.51. The van der Waals surface area contributed by atoms with Crippen LogP contribution in [-0.2, 0) is 14.8 Å². The zero-order valence-corrected chi connectivity index (χ0v) is 19.1. The van der Waals surface area contributed by atoms with E-state index in [1.165, 1.54) is 4.31 Å². The van der Waals surface area contributed by atoms with E-state index in [0.29, 0.717) is 37.2 Å². The fraction of sp³-hybridized carbons (Fsp3) is 0.458. The van der Waals surface area contributed by atoms with Crippen LogP contribution >= 0.6 is 0 Å². The van der Waals surface area contributed by atoms with Gasteiger partial charge in [-0.1, -0.05) is 35.9 Å². The van der Waals surface area contributed by atoms with E-state index < -0.39 is 10.0 Å². The number of amides is 1. The Morgan fingerprint density at radius 3 is 2.45 bits per heavy atom. The van der Waals surface area contributed by atoms with Gasteiger partial charge in [0.05, 0.1) is 10.9 Å². The standard InChI is InChI=1S/C24H30N2O4S/c1-17-9-10-22-20(15-17)21(16-24(2,3)30-22)25-23(27)18-11-13-26(14-12-18)31(28,29)19-7-5-4-6-8-19/h4-10,15,18,21H,11-14,16H2,1-3H3,(H,25,27). The third kappa shape index (κ3) is 4.62. The zero-order valence-electron chi connectivity index (χ0n) is 18.3. The fourth-order valence-corrected chi connectivity index (χ4v) is 5.98. The summed E-state index contributed by atoms with van der Waals surface area (Å²) in [5.41, 5.74) is 1.77. The van der Waals surface area contributed by atoms with Crippen molar-refractivity contribution in [2.24, 2.45) is 5.92 Å². The third-order valence-corrected chi connectivity index (χ3v) is 8.06. The number of sulfonamides is 1. The van der Waals surface area contributed by atoms with E-state index in [-0.39, 0.29) is 23.5 Å². The molecule has 4 rings (SSSR count). The van der Waals surface area contributed by atoms with Crippen LogP contribution in [0.3, 0.4) is 0 Å². The lowest BCUT2D eigenvalue weighted by Gasteiger charge is -2.39. The molecule has 31 heavy (non-hydrogen) atoms. The molecule has 2 aliphatic heterocycles. The Balaban J connectivity index is 1.43. The number of nitrogens with one attached hydrogen (secondary N) is 1. The Labute approximate surface area is 184 Å². The summed E-state index contributed by atoms with van der Waals surface area (Å²) < 4.78 is 33.3. The van der Waals surface area contributed by atoms with Crippen molar-refractivity contribution in [1.29, 1.82) is 0 Å². The topological polar surface area (TPSA) is 75.7 Å². The van der Waals surface area contributed by atoms with Crippen LogP contribution in [0.1, 0.15) is 50.3 Å². The van der Waals surface area contributed by atoms with Gasteiger partial charge in [0.2, 0.25) is 15.9 Å². The van der Waals surface area contributed by atoms with Crippen LogP contribution < -0.4 is 10.1 Å². The minimum absolute atomic E-state index is 0.00749. The van der Waals surface area contributed by atoms with Crippen molar-refractivity contribution in [2.45, 2.75) is 56.6 Å². The second-order valence-electron chi connectivity index (χ2n) is 9.16. The van der Waals surface area contributed by atoms with Gasteiger partial charge in [-0.3, -0.25) is 4.79 Å². The van der Waals surface area contributed by atoms with E-state index in [4.69, 9.17) is 4.74 Å². The Morgan fingerprint density at radius 1 is 1.10 bits per heavy atom. The molecule has 2 heterocycles. The van der Waals surface area contributed by atoms with E-state index in [9.17, 15) is 13.2 Å². The molecule has 1 N–H and O–H groups in total. The van der Waals surface area contributed by atoms with E-state index in [2.05, 4.69) is 11.4 Å². The molecule has 0 bridgehead atoms. The van der Waals surface area contributed by atoms with Crippen LogP contribution in [0, 0.1) is 12.8 Å². The lowest BCUT2D eigenvalue weighted by Crippen LogP contribution is -2.46. The van der Waals surface area contributed by atoms with Crippen LogP contribution in [0.2, 0.25) is 0 Å². The molecule has 1 fully saturated rings. The van der Waals surface area contributed by atoms with Crippen molar-refractivity contribution in [3.63, 3.8) is 0 Å². The largest absolute Gasteiger partial charge is 0.487 e. The summed E-state index contributed by atoms with van der Waals surface area (Å²) in [5, 5.41) is 3.23. The normalized spacial score (nSPS) is 21.7. The van der Waals surface area contributed by atoms with E-state index in [0.717, 1.165) is 16.9 Å². The smallest absolute Gasteiger partial charge is 0.243 e. The number of piperidine rings is 1. The van der Waals surface area contributed by atoms with E-state index in [1.54, 1.807) is 30.3 Å². The Morgan fingerprint density at radius 2 is 1.77 bits per heavy atom. The van der Waals surface area contributed by atoms with Gasteiger partial charge in [-0.05, 0) is 51.8 Å². The second kappa shape index (κ2) is 8.28. The van der Waals surface area contributed by atoms with Crippen LogP contribution in [0.25, 0.3) is 0 Å². The van der Waals surface area contributed by atoms with Crippen LogP contribution in [0.4, 0.5) is 0 Å². The predicted molar refractivity (Wildman–Crippen MR) is 119 cm³/mol. The number of benzene rings is 2. The van der Waals surface area contributed by atoms with Gasteiger partial charge < -0.3 is 10.1 Å². The van der Waals surface area contributed by atoms with Gasteiger partial charge in [0.1, 0.15) is 11.4 Å². The summed E-state index contributed by atoms with van der Waals surface area (Å²) >= 11 is 0. The second-order valence-corrected chi connectivity index (χ2v) is 11.1. The van der Waals surface area contributed by atoms with Gasteiger partial charge in [0, 0.05) is 31.0 Å². The average Bonchev–Trinajstić information content (AvgIpc) is 2.74. The molecule has 1 saturated heterocycles. The minimum atomic E-state index is -3.51. The fourth-order valence-electron chi connectivity index (χ4n) is 4.49. The Kier molecular flexibility index (Phi) is 5.83. The monoisotopic (exact) mass is 442 g/mol. The van der Waals surface area contributed by atoms with Crippen molar-refractivity contribution in [1.82, 2.24) is 9.62 Å². The number of nitrogens with zero attached hydrogens (tertiary/aromatic N) is 1. The first-order valence-electron chi connectivity index (χ1n) is 10.8. The minimum Gasteiger partial charge on any atom is -0.487 e. The van der Waals surface area contributed by atoms with E-state index in [1.807, 2.05) is 32.9 Å². The molecule has 0 aliphatic carbocycles. The van der Waals surface area contributed by atoms with Gasteiger partial charge in [0.25, 0.3) is 0 Å². The highest BCUT2D eigenvalue weighted by atomic mass is 32.2. The summed E-state index contributed by atoms with van der Waals surface area (Å²) in [5.74, 6) is 0.615. The molecule has 1 atom stereocenters. The molecule has 1 unspecified atom stereocenters. The van der Waals surface area contributed by atoms with Crippen LogP contribution in [0.15, 0.2) is 53.4 Å². The van der Waals surface area contributed by atoms with Gasteiger partial charge in [0.15, 0.2) is 0 Å². The molecular weight excluding hydrogens is 412 g/mol. The molecule has 166 valence electrons. The molecule has 2 aliphatic rings. The third-order valence-electron chi connectivity index (χ3n) is 6.14. The number of hydrogen-bond donors (Lipinski definition) is 1. The number of aryl methyl sites for hydroxylation is 1. The SMILES string of the molecule is Cc1ccc2c(c1)C(NC(=O)C1CCN(S(=O)(=O)c3ccccc3)CC1)CC(C)(C)O2. The molecule has 0 aromatic heterocycles. The number of ether oxygens (including phenoxy) is 1. The van der Waals surface area contributed by atoms with Crippen molar-refractivity contribution in [3.05, 3.63) is 59.7 Å². The highest BCUT2D eigenvalue weighted by Gasteiger charge is 2.37. The van der Waals surface area contributed by atoms with Gasteiger partial charge in [-0.15, -0.1) is 0 Å². The molecular formula is C24H30N2O4S. The molecule has 6 nitrogen and oxygen atoms in total. The molecule has 2 aromatic carbocycles. The van der Waals surface area contributed by atoms with Crippen molar-refractivity contribution in [3.8, 4) is 5.75 Å². The Bertz CT molecular complexity index is 1060. The van der Waals surface area contributed by atoms with Gasteiger partial charge in [-0.25, -0.2) is 8.42 Å². The maximum Gasteiger partial charge on any atom is 0.243 e. The molecule has 2 aromatic rings. The van der Waals surface area contributed by atoms with Crippen LogP contribution in [0.5, 0.6) is 5.75 Å². The quantitative estimate of drug-likeness (QED) is 0.781. The van der Waals surface area contributed by atoms with Gasteiger partial charge >= 0.3 is 0 Å². The van der Waals surface area contributed by atoms with Crippen molar-refractivity contribution in [2.75, 3.05) is 13.1 Å². The molecule has 0 spiro atoms. The molecule has 0 saturated carbocycles. The highest BCUT2D eigenvalue weighted by molar-refractivity contribution is 7.89. The van der Waals surface area contributed by atoms with Gasteiger partial charge in [-0.2, -0.15) is 4.31 Å². The lowest BCUT2D eigenvalue weighted by molar-refractivity contribution is -0.127. The number of rotatable bonds is 4. The number of carbonyl (C=O) groups is 1. The molecule has 7 heteroatoms. The first kappa shape index (κ1) is 21.8. The van der Waals surface area contributed by atoms with Crippen molar-refractivity contribution >= 4 is 15.9 Å². The van der Waals surface area contributed by atoms with E-state index >= 15 is 0 Å². The summed E-state index contributed by atoms with van der Waals surface area (Å²) in [6, 6.07) is 14.4. The predicted octanol–water partition coefficient (Wildman–Crippen LogP) is 3.81. The maximum absolute atomic E-state index is 13.1. The highest BCUT2D eigenvalue weighted by Crippen LogP contribution is 2.40.